The Labute approximate surface area is 174 Å². The highest BCUT2D eigenvalue weighted by atomic mass is 19.1. The molecule has 0 atom stereocenters. The maximum Gasteiger partial charge on any atom is 0.260 e. The molecule has 0 saturated carbocycles. The number of nitrogens with zero attached hydrogens (tertiary/aromatic N) is 4. The smallest absolute Gasteiger partial charge is 0.260 e. The lowest BCUT2D eigenvalue weighted by molar-refractivity contribution is -0.135. The lowest BCUT2D eigenvalue weighted by Crippen LogP contribution is -2.49. The Hall–Kier alpha value is -3.26. The molecule has 2 aromatic carbocycles. The first-order chi connectivity index (χ1) is 14.6. The van der Waals surface area contributed by atoms with E-state index in [1.165, 1.54) is 29.8 Å². The van der Waals surface area contributed by atoms with Crippen LogP contribution >= 0.6 is 0 Å². The summed E-state index contributed by atoms with van der Waals surface area (Å²) in [4.78, 5) is 16.3. The van der Waals surface area contributed by atoms with Crippen LogP contribution in [0.1, 0.15) is 11.5 Å². The minimum absolute atomic E-state index is 0.0603. The van der Waals surface area contributed by atoms with Crippen LogP contribution in [0.3, 0.4) is 0 Å². The molecule has 1 aromatic heterocycles. The van der Waals surface area contributed by atoms with Crippen LogP contribution in [0.2, 0.25) is 0 Å². The summed E-state index contributed by atoms with van der Waals surface area (Å²) in [6, 6.07) is 13.6. The first-order valence-electron chi connectivity index (χ1n) is 9.85. The van der Waals surface area contributed by atoms with Crippen molar-refractivity contribution >= 4 is 5.91 Å². The Morgan fingerprint density at radius 3 is 2.43 bits per heavy atom. The lowest BCUT2D eigenvalue weighted by atomic mass is 10.1. The second-order valence-corrected chi connectivity index (χ2v) is 7.27. The molecule has 4 rings (SSSR count). The average Bonchev–Trinajstić information content (AvgIpc) is 3.22. The van der Waals surface area contributed by atoms with E-state index in [0.29, 0.717) is 50.3 Å². The number of ether oxygens (including phenoxy) is 1. The highest BCUT2D eigenvalue weighted by Crippen LogP contribution is 2.19. The van der Waals surface area contributed by atoms with Gasteiger partial charge in [-0.25, -0.2) is 4.39 Å². The third kappa shape index (κ3) is 5.01. The maximum absolute atomic E-state index is 12.9. The van der Waals surface area contributed by atoms with Crippen molar-refractivity contribution in [2.24, 2.45) is 0 Å². The van der Waals surface area contributed by atoms with E-state index in [9.17, 15) is 9.18 Å². The van der Waals surface area contributed by atoms with Gasteiger partial charge in [0.2, 0.25) is 11.8 Å². The zero-order chi connectivity index (χ0) is 20.9. The molecule has 1 aliphatic rings. The van der Waals surface area contributed by atoms with E-state index < -0.39 is 0 Å². The number of hydrogen-bond donors (Lipinski definition) is 0. The maximum atomic E-state index is 12.9. The molecular formula is C22H23FN4O3. The van der Waals surface area contributed by atoms with Crippen LogP contribution in [0.4, 0.5) is 4.39 Å². The van der Waals surface area contributed by atoms with Crippen LogP contribution in [-0.2, 0) is 11.3 Å². The molecule has 0 unspecified atom stereocenters. The standard InChI is InChI=1S/C22H23FN4O3/c1-16-2-4-17(5-3-16)22-25-24-20(30-22)14-26-10-12-27(13-11-26)21(28)15-29-19-8-6-18(23)7-9-19/h2-9H,10-15H2,1H3. The number of rotatable bonds is 6. The van der Waals surface area contributed by atoms with E-state index in [1.807, 2.05) is 31.2 Å². The summed E-state index contributed by atoms with van der Waals surface area (Å²) in [5, 5.41) is 8.28. The first-order valence-corrected chi connectivity index (χ1v) is 9.85. The normalized spacial score (nSPS) is 14.7. The molecule has 7 nitrogen and oxygen atoms in total. The van der Waals surface area contributed by atoms with Gasteiger partial charge in [0.1, 0.15) is 11.6 Å². The molecule has 30 heavy (non-hydrogen) atoms. The zero-order valence-electron chi connectivity index (χ0n) is 16.8. The molecular weight excluding hydrogens is 387 g/mol. The third-order valence-electron chi connectivity index (χ3n) is 5.03. The van der Waals surface area contributed by atoms with Gasteiger partial charge in [0.25, 0.3) is 5.91 Å². The third-order valence-corrected chi connectivity index (χ3v) is 5.03. The molecule has 0 spiro atoms. The van der Waals surface area contributed by atoms with Crippen LogP contribution in [0.15, 0.2) is 52.9 Å². The van der Waals surface area contributed by atoms with E-state index in [1.54, 1.807) is 4.90 Å². The second kappa shape index (κ2) is 9.04. The number of aryl methyl sites for hydroxylation is 1. The summed E-state index contributed by atoms with van der Waals surface area (Å²) in [6.07, 6.45) is 0. The SMILES string of the molecule is Cc1ccc(-c2nnc(CN3CCN(C(=O)COc4ccc(F)cc4)CC3)o2)cc1. The van der Waals surface area contributed by atoms with Gasteiger partial charge in [0.05, 0.1) is 6.54 Å². The van der Waals surface area contributed by atoms with Gasteiger partial charge < -0.3 is 14.1 Å². The molecule has 1 fully saturated rings. The van der Waals surface area contributed by atoms with Crippen molar-refractivity contribution in [3.8, 4) is 17.2 Å². The Kier molecular flexibility index (Phi) is 6.04. The van der Waals surface area contributed by atoms with Crippen LogP contribution in [-0.4, -0.2) is 58.7 Å². The summed E-state index contributed by atoms with van der Waals surface area (Å²) in [7, 11) is 0. The highest BCUT2D eigenvalue weighted by molar-refractivity contribution is 5.77. The second-order valence-electron chi connectivity index (χ2n) is 7.27. The van der Waals surface area contributed by atoms with Gasteiger partial charge >= 0.3 is 0 Å². The highest BCUT2D eigenvalue weighted by Gasteiger charge is 2.23. The number of amides is 1. The topological polar surface area (TPSA) is 71.7 Å². The van der Waals surface area contributed by atoms with Gasteiger partial charge in [-0.1, -0.05) is 17.7 Å². The van der Waals surface area contributed by atoms with E-state index in [-0.39, 0.29) is 18.3 Å². The van der Waals surface area contributed by atoms with Crippen LogP contribution < -0.4 is 4.74 Å². The fourth-order valence-electron chi connectivity index (χ4n) is 3.24. The quantitative estimate of drug-likeness (QED) is 0.622. The van der Waals surface area contributed by atoms with E-state index in [2.05, 4.69) is 15.1 Å². The number of carbonyl (C=O) groups is 1. The Balaban J connectivity index is 1.24. The van der Waals surface area contributed by atoms with Crippen molar-refractivity contribution < 1.29 is 18.3 Å². The molecule has 1 saturated heterocycles. The minimum atomic E-state index is -0.336. The van der Waals surface area contributed by atoms with Gasteiger partial charge in [-0.15, -0.1) is 10.2 Å². The molecule has 8 heteroatoms. The molecule has 0 bridgehead atoms. The van der Waals surface area contributed by atoms with Crippen molar-refractivity contribution in [3.05, 3.63) is 65.8 Å². The summed E-state index contributed by atoms with van der Waals surface area (Å²) >= 11 is 0. The summed E-state index contributed by atoms with van der Waals surface area (Å²) in [6.45, 7) is 5.15. The van der Waals surface area contributed by atoms with Crippen molar-refractivity contribution in [3.63, 3.8) is 0 Å². The molecule has 156 valence electrons. The predicted octanol–water partition coefficient (Wildman–Crippen LogP) is 2.91. The van der Waals surface area contributed by atoms with E-state index in [4.69, 9.17) is 9.15 Å². The van der Waals surface area contributed by atoms with Crippen molar-refractivity contribution in [2.75, 3.05) is 32.8 Å². The fraction of sp³-hybridized carbons (Fsp3) is 0.318. The van der Waals surface area contributed by atoms with Gasteiger partial charge in [-0.3, -0.25) is 9.69 Å². The fourth-order valence-corrected chi connectivity index (χ4v) is 3.24. The Morgan fingerprint density at radius 1 is 1.03 bits per heavy atom. The Bertz CT molecular complexity index is 980. The van der Waals surface area contributed by atoms with E-state index >= 15 is 0 Å². The number of piperazine rings is 1. The minimum Gasteiger partial charge on any atom is -0.484 e. The number of carbonyl (C=O) groups excluding carboxylic acids is 1. The molecule has 1 aliphatic heterocycles. The lowest BCUT2D eigenvalue weighted by Gasteiger charge is -2.33. The van der Waals surface area contributed by atoms with Gasteiger partial charge in [-0.05, 0) is 43.3 Å². The summed E-state index contributed by atoms with van der Waals surface area (Å²) in [5.41, 5.74) is 2.07. The van der Waals surface area contributed by atoms with Gasteiger partial charge in [-0.2, -0.15) is 0 Å². The number of hydrogen-bond acceptors (Lipinski definition) is 6. The molecule has 1 amide bonds. The largest absolute Gasteiger partial charge is 0.484 e. The number of halogens is 1. The molecule has 0 radical (unpaired) electrons. The van der Waals surface area contributed by atoms with Crippen molar-refractivity contribution in [1.82, 2.24) is 20.0 Å². The summed E-state index contributed by atoms with van der Waals surface area (Å²) in [5.74, 6) is 1.13. The van der Waals surface area contributed by atoms with Gasteiger partial charge in [0, 0.05) is 31.7 Å². The molecule has 0 N–H and O–H groups in total. The number of benzene rings is 2. The van der Waals surface area contributed by atoms with Crippen LogP contribution in [0.5, 0.6) is 5.75 Å². The van der Waals surface area contributed by atoms with Crippen molar-refractivity contribution in [2.45, 2.75) is 13.5 Å². The summed E-state index contributed by atoms with van der Waals surface area (Å²) < 4.78 is 24.2. The van der Waals surface area contributed by atoms with E-state index in [0.717, 1.165) is 5.56 Å². The first kappa shape index (κ1) is 20.0. The van der Waals surface area contributed by atoms with Gasteiger partial charge in [0.15, 0.2) is 6.61 Å². The monoisotopic (exact) mass is 410 g/mol. The average molecular weight is 410 g/mol. The molecule has 3 aromatic rings. The molecule has 0 aliphatic carbocycles. The number of aromatic nitrogens is 2. The Morgan fingerprint density at radius 2 is 1.73 bits per heavy atom. The predicted molar refractivity (Wildman–Crippen MR) is 108 cm³/mol. The van der Waals surface area contributed by atoms with Crippen molar-refractivity contribution in [1.29, 1.82) is 0 Å². The molecule has 2 heterocycles. The van der Waals surface area contributed by atoms with Crippen LogP contribution in [0, 0.1) is 12.7 Å². The zero-order valence-corrected chi connectivity index (χ0v) is 16.8. The van der Waals surface area contributed by atoms with Crippen LogP contribution in [0.25, 0.3) is 11.5 Å².